The Morgan fingerprint density at radius 1 is 1.16 bits per heavy atom. The van der Waals surface area contributed by atoms with E-state index in [1.54, 1.807) is 0 Å². The smallest absolute Gasteiger partial charge is 0.422 e. The molecule has 3 rings (SSSR count). The lowest BCUT2D eigenvalue weighted by molar-refractivity contribution is -0.153. The van der Waals surface area contributed by atoms with E-state index in [2.05, 4.69) is 19.9 Å². The Bertz CT molecular complexity index is 1210. The van der Waals surface area contributed by atoms with Crippen molar-refractivity contribution in [3.8, 4) is 28.7 Å². The summed E-state index contributed by atoms with van der Waals surface area (Å²) >= 11 is 0. The Balaban J connectivity index is 1.90. The van der Waals surface area contributed by atoms with E-state index in [1.807, 2.05) is 0 Å². The molecule has 172 valence electrons. The van der Waals surface area contributed by atoms with Crippen LogP contribution in [0.4, 0.5) is 13.2 Å². The van der Waals surface area contributed by atoms with Crippen LogP contribution in [0.3, 0.4) is 0 Å². The molecule has 3 aromatic rings. The third-order valence-corrected chi connectivity index (χ3v) is 5.10. The number of halogens is 3. The lowest BCUT2D eigenvalue weighted by atomic mass is 10.2. The second-order valence-corrected chi connectivity index (χ2v) is 9.07. The van der Waals surface area contributed by atoms with Crippen LogP contribution in [0.2, 0.25) is 0 Å². The van der Waals surface area contributed by atoms with Crippen molar-refractivity contribution in [2.45, 2.75) is 12.6 Å². The summed E-state index contributed by atoms with van der Waals surface area (Å²) < 4.78 is 71.0. The van der Waals surface area contributed by atoms with E-state index in [0.29, 0.717) is 5.56 Å². The summed E-state index contributed by atoms with van der Waals surface area (Å²) in [6.07, 6.45) is -0.202. The Morgan fingerprint density at radius 3 is 2.47 bits per heavy atom. The second-order valence-electron chi connectivity index (χ2n) is 6.81. The SMILES string of the molecule is CS(=O)(=O)CCCOc1nc(-c2cn[nH]c2)cc(=O)n1-c1ccc(OCC(F)(F)F)cc1. The van der Waals surface area contributed by atoms with Gasteiger partial charge in [0, 0.05) is 24.1 Å². The van der Waals surface area contributed by atoms with Gasteiger partial charge in [0.25, 0.3) is 5.56 Å². The molecule has 0 saturated heterocycles. The summed E-state index contributed by atoms with van der Waals surface area (Å²) in [4.78, 5) is 17.2. The maximum absolute atomic E-state index is 12.8. The topological polar surface area (TPSA) is 116 Å². The molecule has 0 atom stereocenters. The minimum atomic E-state index is -4.48. The van der Waals surface area contributed by atoms with Crippen LogP contribution in [0.5, 0.6) is 11.8 Å². The van der Waals surface area contributed by atoms with E-state index < -0.39 is 28.2 Å². The number of hydrogen-bond donors (Lipinski definition) is 1. The van der Waals surface area contributed by atoms with Gasteiger partial charge in [0.2, 0.25) is 0 Å². The normalized spacial score (nSPS) is 12.0. The molecule has 0 amide bonds. The van der Waals surface area contributed by atoms with Crippen molar-refractivity contribution in [1.29, 1.82) is 0 Å². The molecule has 0 aliphatic rings. The van der Waals surface area contributed by atoms with E-state index in [4.69, 9.17) is 4.74 Å². The Labute approximate surface area is 180 Å². The van der Waals surface area contributed by atoms with Gasteiger partial charge < -0.3 is 9.47 Å². The van der Waals surface area contributed by atoms with Gasteiger partial charge in [0.1, 0.15) is 15.6 Å². The predicted octanol–water partition coefficient (Wildman–Crippen LogP) is 2.38. The molecular formula is C19H19F3N4O5S. The fourth-order valence-corrected chi connectivity index (χ4v) is 3.32. The zero-order valence-electron chi connectivity index (χ0n) is 16.8. The van der Waals surface area contributed by atoms with Crippen molar-refractivity contribution in [3.05, 3.63) is 53.1 Å². The van der Waals surface area contributed by atoms with Gasteiger partial charge in [-0.05, 0) is 30.7 Å². The third kappa shape index (κ3) is 6.57. The van der Waals surface area contributed by atoms with Crippen LogP contribution in [-0.2, 0) is 9.84 Å². The fourth-order valence-electron chi connectivity index (χ4n) is 2.68. The summed E-state index contributed by atoms with van der Waals surface area (Å²) in [5.41, 5.74) is 0.575. The van der Waals surface area contributed by atoms with Crippen molar-refractivity contribution in [2.24, 2.45) is 0 Å². The zero-order valence-corrected chi connectivity index (χ0v) is 17.6. The van der Waals surface area contributed by atoms with Crippen LogP contribution in [0, 0.1) is 0 Å². The van der Waals surface area contributed by atoms with Crippen LogP contribution >= 0.6 is 0 Å². The van der Waals surface area contributed by atoms with E-state index in [9.17, 15) is 26.4 Å². The Kier molecular flexibility index (Phi) is 6.87. The van der Waals surface area contributed by atoms with Crippen LogP contribution in [0.25, 0.3) is 16.9 Å². The highest BCUT2D eigenvalue weighted by Crippen LogP contribution is 2.23. The second kappa shape index (κ2) is 9.42. The molecule has 0 saturated carbocycles. The molecule has 0 unspecified atom stereocenters. The lowest BCUT2D eigenvalue weighted by Gasteiger charge is -2.14. The number of aromatic amines is 1. The fraction of sp³-hybridized carbons (Fsp3) is 0.316. The maximum Gasteiger partial charge on any atom is 0.422 e. The molecule has 0 spiro atoms. The average Bonchev–Trinajstić information content (AvgIpc) is 3.24. The van der Waals surface area contributed by atoms with E-state index in [-0.39, 0.29) is 41.9 Å². The number of benzene rings is 1. The molecule has 9 nitrogen and oxygen atoms in total. The van der Waals surface area contributed by atoms with E-state index in [0.717, 1.165) is 10.8 Å². The van der Waals surface area contributed by atoms with Crippen molar-refractivity contribution in [2.75, 3.05) is 25.2 Å². The maximum atomic E-state index is 12.8. The first-order valence-corrected chi connectivity index (χ1v) is 11.3. The zero-order chi connectivity index (χ0) is 23.4. The average molecular weight is 472 g/mol. The van der Waals surface area contributed by atoms with Gasteiger partial charge in [0.05, 0.1) is 29.9 Å². The first-order chi connectivity index (χ1) is 15.0. The molecule has 32 heavy (non-hydrogen) atoms. The minimum absolute atomic E-state index is 0.0267. The number of aromatic nitrogens is 4. The van der Waals surface area contributed by atoms with Gasteiger partial charge in [-0.25, -0.2) is 13.0 Å². The lowest BCUT2D eigenvalue weighted by Crippen LogP contribution is -2.22. The molecule has 1 aromatic carbocycles. The number of nitrogens with one attached hydrogen (secondary N) is 1. The molecule has 0 fully saturated rings. The van der Waals surface area contributed by atoms with Crippen LogP contribution < -0.4 is 15.0 Å². The highest BCUT2D eigenvalue weighted by molar-refractivity contribution is 7.90. The highest BCUT2D eigenvalue weighted by atomic mass is 32.2. The monoisotopic (exact) mass is 472 g/mol. The van der Waals surface area contributed by atoms with Gasteiger partial charge >= 0.3 is 12.2 Å². The van der Waals surface area contributed by atoms with E-state index >= 15 is 0 Å². The number of alkyl halides is 3. The Hall–Kier alpha value is -3.35. The number of rotatable bonds is 9. The van der Waals surface area contributed by atoms with Crippen LogP contribution in [0.1, 0.15) is 6.42 Å². The summed E-state index contributed by atoms with van der Waals surface area (Å²) in [5, 5.41) is 6.42. The summed E-state index contributed by atoms with van der Waals surface area (Å²) in [6.45, 7) is -1.47. The van der Waals surface area contributed by atoms with Gasteiger partial charge in [-0.15, -0.1) is 0 Å². The summed E-state index contributed by atoms with van der Waals surface area (Å²) in [5.74, 6) is -0.137. The first-order valence-electron chi connectivity index (χ1n) is 9.26. The van der Waals surface area contributed by atoms with Crippen molar-refractivity contribution >= 4 is 9.84 Å². The van der Waals surface area contributed by atoms with Gasteiger partial charge in [-0.2, -0.15) is 23.3 Å². The number of ether oxygens (including phenoxy) is 2. The summed E-state index contributed by atoms with van der Waals surface area (Å²) in [7, 11) is -3.19. The molecule has 13 heteroatoms. The molecule has 0 aliphatic carbocycles. The largest absolute Gasteiger partial charge is 0.484 e. The molecular weight excluding hydrogens is 453 g/mol. The van der Waals surface area contributed by atoms with Crippen molar-refractivity contribution in [1.82, 2.24) is 19.7 Å². The standard InChI is InChI=1S/C19H19F3N4O5S/c1-32(28,29)8-2-7-30-18-25-16(13-10-23-24-11-13)9-17(27)26(18)14-3-5-15(6-4-14)31-12-19(20,21)22/h3-6,9-11H,2,7-8,12H2,1H3,(H,23,24). The predicted molar refractivity (Wildman–Crippen MR) is 109 cm³/mol. The highest BCUT2D eigenvalue weighted by Gasteiger charge is 2.28. The molecule has 1 N–H and O–H groups in total. The molecule has 0 radical (unpaired) electrons. The molecule has 2 heterocycles. The van der Waals surface area contributed by atoms with E-state index in [1.165, 1.54) is 42.7 Å². The number of H-pyrrole nitrogens is 1. The quantitative estimate of drug-likeness (QED) is 0.476. The molecule has 0 aliphatic heterocycles. The first kappa shape index (κ1) is 23.3. The van der Waals surface area contributed by atoms with Gasteiger partial charge in [-0.3, -0.25) is 9.89 Å². The molecule has 2 aromatic heterocycles. The third-order valence-electron chi connectivity index (χ3n) is 4.07. The van der Waals surface area contributed by atoms with Crippen LogP contribution in [0.15, 0.2) is 47.5 Å². The van der Waals surface area contributed by atoms with Crippen molar-refractivity contribution < 1.29 is 31.1 Å². The Morgan fingerprint density at radius 2 is 1.88 bits per heavy atom. The number of hydrogen-bond acceptors (Lipinski definition) is 7. The van der Waals surface area contributed by atoms with Crippen molar-refractivity contribution in [3.63, 3.8) is 0 Å². The molecule has 0 bridgehead atoms. The van der Waals surface area contributed by atoms with Gasteiger partial charge in [-0.1, -0.05) is 0 Å². The van der Waals surface area contributed by atoms with Crippen LogP contribution in [-0.4, -0.2) is 59.6 Å². The minimum Gasteiger partial charge on any atom is -0.484 e. The summed E-state index contributed by atoms with van der Waals surface area (Å²) in [6, 6.07) is 6.48. The van der Waals surface area contributed by atoms with Gasteiger partial charge in [0.15, 0.2) is 6.61 Å². The number of nitrogens with zero attached hydrogens (tertiary/aromatic N) is 3. The number of sulfone groups is 1.